The minimum absolute atomic E-state index is 0.0760. The van der Waals surface area contributed by atoms with Crippen molar-refractivity contribution >= 4 is 28.0 Å². The van der Waals surface area contributed by atoms with Crippen molar-refractivity contribution in [1.29, 1.82) is 0 Å². The number of aromatic nitrogens is 1. The molecule has 88 valence electrons. The highest BCUT2D eigenvalue weighted by Gasteiger charge is 2.20. The lowest BCUT2D eigenvalue weighted by atomic mass is 10.2. The van der Waals surface area contributed by atoms with Crippen LogP contribution in [0.15, 0.2) is 29.5 Å². The molecule has 2 heterocycles. The van der Waals surface area contributed by atoms with Crippen molar-refractivity contribution in [2.75, 3.05) is 0 Å². The number of hydrogen-bond donors (Lipinski definition) is 1. The Kier molecular flexibility index (Phi) is 3.53. The molecule has 1 aliphatic heterocycles. The number of carbonyl (C=O) groups is 2. The van der Waals surface area contributed by atoms with Crippen molar-refractivity contribution in [1.82, 2.24) is 10.3 Å². The second kappa shape index (κ2) is 5.09. The molecule has 0 saturated heterocycles. The molecule has 17 heavy (non-hydrogen) atoms. The Labute approximate surface area is 103 Å². The molecule has 0 saturated carbocycles. The van der Waals surface area contributed by atoms with Gasteiger partial charge in [-0.1, -0.05) is 0 Å². The minimum Gasteiger partial charge on any atom is -0.305 e. The molecule has 0 unspecified atom stereocenters. The summed E-state index contributed by atoms with van der Waals surface area (Å²) in [5.74, 6) is -0.103. The molecule has 0 aromatic carbocycles. The molecule has 0 aliphatic carbocycles. The molecule has 1 N–H and O–H groups in total. The van der Waals surface area contributed by atoms with Gasteiger partial charge in [0.2, 0.25) is 11.0 Å². The third-order valence-electron chi connectivity index (χ3n) is 2.15. The number of amidine groups is 1. The van der Waals surface area contributed by atoms with Gasteiger partial charge in [-0.15, -0.1) is 0 Å². The van der Waals surface area contributed by atoms with Crippen LogP contribution < -0.4 is 5.32 Å². The third-order valence-corrected chi connectivity index (χ3v) is 2.97. The van der Waals surface area contributed by atoms with E-state index in [1.54, 1.807) is 18.3 Å². The summed E-state index contributed by atoms with van der Waals surface area (Å²) < 4.78 is 0. The lowest BCUT2D eigenvalue weighted by Crippen LogP contribution is -2.36. The van der Waals surface area contributed by atoms with Crippen LogP contribution in [0.5, 0.6) is 0 Å². The highest BCUT2D eigenvalue weighted by molar-refractivity contribution is 8.26. The predicted octanol–water partition coefficient (Wildman–Crippen LogP) is 1.22. The maximum absolute atomic E-state index is 11.8. The van der Waals surface area contributed by atoms with Gasteiger partial charge in [0.15, 0.2) is 5.17 Å². The molecule has 1 amide bonds. The number of nitrogens with one attached hydrogen (secondary N) is 1. The maximum atomic E-state index is 11.8. The van der Waals surface area contributed by atoms with Gasteiger partial charge in [0.25, 0.3) is 0 Å². The van der Waals surface area contributed by atoms with Gasteiger partial charge in [0.1, 0.15) is 0 Å². The maximum Gasteiger partial charge on any atom is 0.228 e. The largest absolute Gasteiger partial charge is 0.305 e. The van der Waals surface area contributed by atoms with Crippen LogP contribution in [0.3, 0.4) is 0 Å². The van der Waals surface area contributed by atoms with Crippen LogP contribution in [0.25, 0.3) is 0 Å². The van der Waals surface area contributed by atoms with E-state index >= 15 is 0 Å². The van der Waals surface area contributed by atoms with Crippen LogP contribution in [0.4, 0.5) is 0 Å². The molecule has 1 aliphatic rings. The van der Waals surface area contributed by atoms with Crippen molar-refractivity contribution in [2.45, 2.75) is 19.4 Å². The quantitative estimate of drug-likeness (QED) is 0.812. The Hall–Kier alpha value is -1.69. The molecule has 1 aromatic heterocycles. The van der Waals surface area contributed by atoms with Crippen molar-refractivity contribution < 1.29 is 9.59 Å². The molecular weight excluding hydrogens is 238 g/mol. The zero-order chi connectivity index (χ0) is 12.3. The van der Waals surface area contributed by atoms with E-state index in [9.17, 15) is 9.59 Å². The van der Waals surface area contributed by atoms with Gasteiger partial charge < -0.3 is 5.32 Å². The zero-order valence-electron chi connectivity index (χ0n) is 9.21. The summed E-state index contributed by atoms with van der Waals surface area (Å²) in [4.78, 5) is 31.2. The molecule has 0 fully saturated rings. The number of nitrogens with zero attached hydrogens (tertiary/aromatic N) is 2. The van der Waals surface area contributed by atoms with Gasteiger partial charge in [-0.05, 0) is 30.8 Å². The van der Waals surface area contributed by atoms with Gasteiger partial charge in [-0.25, -0.2) is 0 Å². The summed E-state index contributed by atoms with van der Waals surface area (Å²) in [6, 6.07) is 3.29. The van der Waals surface area contributed by atoms with E-state index in [4.69, 9.17) is 0 Å². The van der Waals surface area contributed by atoms with E-state index in [1.807, 2.05) is 6.92 Å². The van der Waals surface area contributed by atoms with E-state index in [-0.39, 0.29) is 17.1 Å². The molecule has 2 rings (SSSR count). The molecule has 6 heteroatoms. The van der Waals surface area contributed by atoms with Gasteiger partial charge in [-0.2, -0.15) is 0 Å². The average molecular weight is 249 g/mol. The number of amides is 1. The number of carbonyl (C=O) groups excluding carboxylic acids is 2. The number of thioether (sulfide) groups is 1. The van der Waals surface area contributed by atoms with Crippen LogP contribution in [-0.2, 0) is 4.79 Å². The second-order valence-corrected chi connectivity index (χ2v) is 4.63. The van der Waals surface area contributed by atoms with Crippen LogP contribution in [-0.4, -0.2) is 27.2 Å². The lowest BCUT2D eigenvalue weighted by molar-refractivity contribution is -0.120. The number of hydrogen-bond acceptors (Lipinski definition) is 5. The first-order valence-electron chi connectivity index (χ1n) is 5.15. The summed E-state index contributed by atoms with van der Waals surface area (Å²) in [7, 11) is 0. The topological polar surface area (TPSA) is 71.4 Å². The standard InChI is InChI=1S/C11H11N3O2S/c1-7-5-9(15)14-11(13-7)17-10(16)8-3-2-4-12-6-8/h2-4,6-7H,5H2,1H3,(H,13,14,15)/t7-/m1/s1. The first-order valence-corrected chi connectivity index (χ1v) is 5.96. The van der Waals surface area contributed by atoms with E-state index in [1.165, 1.54) is 6.20 Å². The van der Waals surface area contributed by atoms with Gasteiger partial charge in [0, 0.05) is 24.4 Å². The third kappa shape index (κ3) is 3.13. The monoisotopic (exact) mass is 249 g/mol. The highest BCUT2D eigenvalue weighted by atomic mass is 32.2. The normalized spacial score (nSPS) is 19.5. The fraction of sp³-hybridized carbons (Fsp3) is 0.273. The molecule has 1 atom stereocenters. The molecule has 0 bridgehead atoms. The Morgan fingerprint density at radius 2 is 2.41 bits per heavy atom. The smallest absolute Gasteiger partial charge is 0.228 e. The summed E-state index contributed by atoms with van der Waals surface area (Å²) in [5, 5.41) is 2.77. The van der Waals surface area contributed by atoms with Crippen LogP contribution in [0.1, 0.15) is 23.7 Å². The lowest BCUT2D eigenvalue weighted by Gasteiger charge is -2.16. The number of rotatable bonds is 1. The Morgan fingerprint density at radius 3 is 3.06 bits per heavy atom. The molecule has 5 nitrogen and oxygen atoms in total. The SMILES string of the molecule is C[C@@H]1CC(=O)NC(SC(=O)c2cccnc2)=N1. The summed E-state index contributed by atoms with van der Waals surface area (Å²) in [5.41, 5.74) is 0.493. The zero-order valence-corrected chi connectivity index (χ0v) is 10.0. The fourth-order valence-corrected chi connectivity index (χ4v) is 2.21. The van der Waals surface area contributed by atoms with Gasteiger partial charge in [0.05, 0.1) is 6.04 Å². The first kappa shape index (κ1) is 11.8. The van der Waals surface area contributed by atoms with Crippen molar-refractivity contribution in [3.05, 3.63) is 30.1 Å². The van der Waals surface area contributed by atoms with Gasteiger partial charge in [-0.3, -0.25) is 19.6 Å². The summed E-state index contributed by atoms with van der Waals surface area (Å²) in [6.07, 6.45) is 3.46. The Balaban J connectivity index is 2.07. The van der Waals surface area contributed by atoms with E-state index in [0.717, 1.165) is 11.8 Å². The molecule has 0 spiro atoms. The fourth-order valence-electron chi connectivity index (χ4n) is 1.40. The van der Waals surface area contributed by atoms with Crippen molar-refractivity contribution in [3.63, 3.8) is 0 Å². The molecular formula is C11H11N3O2S. The Bertz CT molecular complexity index is 473. The van der Waals surface area contributed by atoms with E-state index in [2.05, 4.69) is 15.3 Å². The first-order chi connectivity index (χ1) is 8.15. The van der Waals surface area contributed by atoms with E-state index < -0.39 is 0 Å². The van der Waals surface area contributed by atoms with Crippen LogP contribution in [0, 0.1) is 0 Å². The van der Waals surface area contributed by atoms with E-state index in [0.29, 0.717) is 17.2 Å². The number of pyridine rings is 1. The van der Waals surface area contributed by atoms with Crippen LogP contribution >= 0.6 is 11.8 Å². The van der Waals surface area contributed by atoms with Gasteiger partial charge >= 0.3 is 0 Å². The highest BCUT2D eigenvalue weighted by Crippen LogP contribution is 2.16. The second-order valence-electron chi connectivity index (χ2n) is 3.67. The predicted molar refractivity (Wildman–Crippen MR) is 65.8 cm³/mol. The van der Waals surface area contributed by atoms with Crippen LogP contribution in [0.2, 0.25) is 0 Å². The minimum atomic E-state index is -0.175. The summed E-state index contributed by atoms with van der Waals surface area (Å²) >= 11 is 0.920. The summed E-state index contributed by atoms with van der Waals surface area (Å²) in [6.45, 7) is 1.84. The molecule has 0 radical (unpaired) electrons. The van der Waals surface area contributed by atoms with Crippen molar-refractivity contribution in [2.24, 2.45) is 4.99 Å². The number of aliphatic imine (C=N–C) groups is 1. The van der Waals surface area contributed by atoms with Crippen molar-refractivity contribution in [3.8, 4) is 0 Å². The average Bonchev–Trinajstić information content (AvgIpc) is 2.28. The Morgan fingerprint density at radius 1 is 1.59 bits per heavy atom. The molecule has 1 aromatic rings.